The summed E-state index contributed by atoms with van der Waals surface area (Å²) in [5.74, 6) is 1.37. The molecule has 0 saturated carbocycles. The van der Waals surface area contributed by atoms with Gasteiger partial charge in [0.25, 0.3) is 0 Å². The van der Waals surface area contributed by atoms with Gasteiger partial charge in [0.1, 0.15) is 11.6 Å². The van der Waals surface area contributed by atoms with Crippen LogP contribution < -0.4 is 4.90 Å². The van der Waals surface area contributed by atoms with Gasteiger partial charge in [-0.05, 0) is 37.2 Å². The third-order valence-corrected chi connectivity index (χ3v) is 4.28. The largest absolute Gasteiger partial charge is 0.351 e. The molecule has 1 aliphatic rings. The monoisotopic (exact) mass is 272 g/mol. The van der Waals surface area contributed by atoms with Crippen LogP contribution in [0, 0.1) is 17.2 Å². The van der Waals surface area contributed by atoms with Crippen LogP contribution in [0.1, 0.15) is 57.4 Å². The van der Waals surface area contributed by atoms with Gasteiger partial charge in [0.05, 0.1) is 5.69 Å². The zero-order chi connectivity index (χ0) is 14.7. The smallest absolute Gasteiger partial charge is 0.169 e. The van der Waals surface area contributed by atoms with E-state index in [0.717, 1.165) is 42.0 Å². The fourth-order valence-corrected chi connectivity index (χ4v) is 3.23. The molecule has 2 heterocycles. The van der Waals surface area contributed by atoms with Crippen molar-refractivity contribution in [3.8, 4) is 6.07 Å². The summed E-state index contributed by atoms with van der Waals surface area (Å²) in [6.45, 7) is 9.62. The lowest BCUT2D eigenvalue weighted by Crippen LogP contribution is -2.35. The van der Waals surface area contributed by atoms with E-state index in [9.17, 15) is 5.26 Å². The predicted molar refractivity (Wildman–Crippen MR) is 80.7 cm³/mol. The minimum atomic E-state index is 0.480. The van der Waals surface area contributed by atoms with E-state index in [0.29, 0.717) is 12.0 Å². The Balaban J connectivity index is 2.49. The highest BCUT2D eigenvalue weighted by Crippen LogP contribution is 2.32. The summed E-state index contributed by atoms with van der Waals surface area (Å²) in [6, 6.07) is 2.86. The van der Waals surface area contributed by atoms with Crippen molar-refractivity contribution < 1.29 is 0 Å². The van der Waals surface area contributed by atoms with Crippen molar-refractivity contribution in [3.63, 3.8) is 0 Å². The van der Waals surface area contributed by atoms with Gasteiger partial charge in [0, 0.05) is 12.6 Å². The molecule has 1 aromatic rings. The van der Waals surface area contributed by atoms with Crippen molar-refractivity contribution in [1.82, 2.24) is 10.2 Å². The van der Waals surface area contributed by atoms with E-state index in [1.165, 1.54) is 12.8 Å². The molecule has 0 aromatic carbocycles. The lowest BCUT2D eigenvalue weighted by atomic mass is 10.00. The van der Waals surface area contributed by atoms with E-state index in [4.69, 9.17) is 0 Å². The van der Waals surface area contributed by atoms with E-state index < -0.39 is 0 Å². The highest BCUT2D eigenvalue weighted by atomic mass is 15.3. The summed E-state index contributed by atoms with van der Waals surface area (Å²) in [7, 11) is 0. The molecule has 1 saturated heterocycles. The third-order valence-electron chi connectivity index (χ3n) is 4.28. The van der Waals surface area contributed by atoms with E-state index in [-0.39, 0.29) is 0 Å². The minimum absolute atomic E-state index is 0.480. The fraction of sp³-hybridized carbons (Fsp3) is 0.688. The molecule has 0 spiro atoms. The van der Waals surface area contributed by atoms with Gasteiger partial charge in [-0.3, -0.25) is 0 Å². The maximum absolute atomic E-state index is 9.59. The average molecular weight is 272 g/mol. The second-order valence-corrected chi connectivity index (χ2v) is 5.79. The number of nitrogens with zero attached hydrogens (tertiary/aromatic N) is 4. The van der Waals surface area contributed by atoms with Gasteiger partial charge in [-0.2, -0.15) is 10.4 Å². The molecule has 1 aromatic heterocycles. The molecular formula is C16H24N4. The van der Waals surface area contributed by atoms with E-state index >= 15 is 0 Å². The number of anilines is 1. The Morgan fingerprint density at radius 2 is 2.05 bits per heavy atom. The number of aromatic nitrogens is 2. The molecule has 1 fully saturated rings. The molecule has 0 amide bonds. The van der Waals surface area contributed by atoms with Gasteiger partial charge < -0.3 is 4.90 Å². The molecular weight excluding hydrogens is 248 g/mol. The molecule has 0 bridgehead atoms. The summed E-state index contributed by atoms with van der Waals surface area (Å²) in [5, 5.41) is 18.4. The van der Waals surface area contributed by atoms with Crippen molar-refractivity contribution in [3.05, 3.63) is 16.8 Å². The Morgan fingerprint density at radius 1 is 1.30 bits per heavy atom. The number of hydrogen-bond donors (Lipinski definition) is 0. The summed E-state index contributed by atoms with van der Waals surface area (Å²) < 4.78 is 0. The van der Waals surface area contributed by atoms with E-state index in [2.05, 4.69) is 48.9 Å². The topological polar surface area (TPSA) is 52.8 Å². The Hall–Kier alpha value is -1.63. The van der Waals surface area contributed by atoms with Crippen LogP contribution in [0.2, 0.25) is 0 Å². The predicted octanol–water partition coefficient (Wildman–Crippen LogP) is 3.10. The SMILES string of the molecule is CCc1nnc(N2CCCC2C(C)C)c(C#N)c1CC. The van der Waals surface area contributed by atoms with Crippen LogP contribution in [0.25, 0.3) is 0 Å². The fourth-order valence-electron chi connectivity index (χ4n) is 3.23. The van der Waals surface area contributed by atoms with Crippen LogP contribution in [0.4, 0.5) is 5.82 Å². The van der Waals surface area contributed by atoms with Crippen LogP contribution in [-0.2, 0) is 12.8 Å². The van der Waals surface area contributed by atoms with Crippen molar-refractivity contribution in [2.75, 3.05) is 11.4 Å². The van der Waals surface area contributed by atoms with Gasteiger partial charge in [-0.1, -0.05) is 27.7 Å². The first-order chi connectivity index (χ1) is 9.63. The molecule has 1 atom stereocenters. The van der Waals surface area contributed by atoms with Crippen LogP contribution in [0.15, 0.2) is 0 Å². The highest BCUT2D eigenvalue weighted by molar-refractivity contribution is 5.59. The summed E-state index contributed by atoms with van der Waals surface area (Å²) in [5.41, 5.74) is 2.79. The maximum Gasteiger partial charge on any atom is 0.169 e. The maximum atomic E-state index is 9.59. The first-order valence-corrected chi connectivity index (χ1v) is 7.69. The summed E-state index contributed by atoms with van der Waals surface area (Å²) in [4.78, 5) is 2.30. The standard InChI is InChI=1S/C16H24N4/c1-5-12-13(10-17)16(19-18-14(12)6-2)20-9-7-8-15(20)11(3)4/h11,15H,5-9H2,1-4H3. The molecule has 4 nitrogen and oxygen atoms in total. The van der Waals surface area contributed by atoms with Gasteiger partial charge >= 0.3 is 0 Å². The van der Waals surface area contributed by atoms with E-state index in [1.54, 1.807) is 0 Å². The molecule has 4 heteroatoms. The van der Waals surface area contributed by atoms with Crippen molar-refractivity contribution in [2.24, 2.45) is 5.92 Å². The van der Waals surface area contributed by atoms with Crippen LogP contribution in [0.3, 0.4) is 0 Å². The molecule has 108 valence electrons. The lowest BCUT2D eigenvalue weighted by Gasteiger charge is -2.29. The van der Waals surface area contributed by atoms with Crippen molar-refractivity contribution in [1.29, 1.82) is 5.26 Å². The number of aryl methyl sites for hydroxylation is 1. The molecule has 1 aliphatic heterocycles. The molecule has 0 radical (unpaired) electrons. The van der Waals surface area contributed by atoms with Crippen molar-refractivity contribution in [2.45, 2.75) is 59.4 Å². The average Bonchev–Trinajstić information content (AvgIpc) is 2.94. The lowest BCUT2D eigenvalue weighted by molar-refractivity contribution is 0.488. The van der Waals surface area contributed by atoms with Gasteiger partial charge in [-0.25, -0.2) is 0 Å². The molecule has 1 unspecified atom stereocenters. The van der Waals surface area contributed by atoms with Crippen LogP contribution >= 0.6 is 0 Å². The second-order valence-electron chi connectivity index (χ2n) is 5.79. The number of nitriles is 1. The zero-order valence-electron chi connectivity index (χ0n) is 13.0. The van der Waals surface area contributed by atoms with E-state index in [1.807, 2.05) is 0 Å². The zero-order valence-corrected chi connectivity index (χ0v) is 13.0. The second kappa shape index (κ2) is 6.21. The van der Waals surface area contributed by atoms with Crippen LogP contribution in [-0.4, -0.2) is 22.8 Å². The number of hydrogen-bond acceptors (Lipinski definition) is 4. The molecule has 20 heavy (non-hydrogen) atoms. The first-order valence-electron chi connectivity index (χ1n) is 7.69. The summed E-state index contributed by atoms with van der Waals surface area (Å²) >= 11 is 0. The van der Waals surface area contributed by atoms with Crippen molar-refractivity contribution >= 4 is 5.82 Å². The Labute approximate surface area is 121 Å². The molecule has 0 aliphatic carbocycles. The quantitative estimate of drug-likeness (QED) is 0.845. The van der Waals surface area contributed by atoms with Gasteiger partial charge in [-0.15, -0.1) is 5.10 Å². The molecule has 0 N–H and O–H groups in total. The third kappa shape index (κ3) is 2.49. The minimum Gasteiger partial charge on any atom is -0.351 e. The normalized spacial score (nSPS) is 18.6. The Bertz CT molecular complexity index is 516. The van der Waals surface area contributed by atoms with Gasteiger partial charge in [0.15, 0.2) is 5.82 Å². The van der Waals surface area contributed by atoms with Crippen LogP contribution in [0.5, 0.6) is 0 Å². The molecule has 2 rings (SSSR count). The Kier molecular flexibility index (Phi) is 4.59. The highest BCUT2D eigenvalue weighted by Gasteiger charge is 2.31. The summed E-state index contributed by atoms with van der Waals surface area (Å²) in [6.07, 6.45) is 4.03. The first kappa shape index (κ1) is 14.8. The number of rotatable bonds is 4. The van der Waals surface area contributed by atoms with Gasteiger partial charge in [0.2, 0.25) is 0 Å². The Morgan fingerprint density at radius 3 is 2.60 bits per heavy atom.